The third-order valence-electron chi connectivity index (χ3n) is 2.97. The average Bonchev–Trinajstić information content (AvgIpc) is 2.17. The Hall–Kier alpha value is -0.630. The molecule has 0 aromatic heterocycles. The molecular weight excluding hydrogens is 176 g/mol. The van der Waals surface area contributed by atoms with Crippen LogP contribution in [0.15, 0.2) is 12.7 Å². The number of rotatable bonds is 5. The van der Waals surface area contributed by atoms with E-state index in [0.29, 0.717) is 12.2 Å². The maximum Gasteiger partial charge on any atom is 0.135 e. The van der Waals surface area contributed by atoms with E-state index in [1.165, 1.54) is 6.42 Å². The first-order chi connectivity index (χ1) is 6.74. The van der Waals surface area contributed by atoms with Crippen molar-refractivity contribution in [1.82, 2.24) is 0 Å². The standard InChI is InChI=1S/C12H20O2/c1-2-5-11(13)9-8-10-6-3-4-7-12(10)14/h2,10-11,13H,1,3-9H2. The van der Waals surface area contributed by atoms with Crippen molar-refractivity contribution in [2.75, 3.05) is 0 Å². The quantitative estimate of drug-likeness (QED) is 0.686. The van der Waals surface area contributed by atoms with Gasteiger partial charge in [-0.05, 0) is 32.1 Å². The lowest BCUT2D eigenvalue weighted by molar-refractivity contribution is -0.124. The topological polar surface area (TPSA) is 37.3 Å². The normalized spacial score (nSPS) is 24.6. The molecule has 0 aliphatic heterocycles. The maximum atomic E-state index is 11.5. The number of hydrogen-bond donors (Lipinski definition) is 1. The average molecular weight is 196 g/mol. The lowest BCUT2D eigenvalue weighted by Crippen LogP contribution is -2.20. The van der Waals surface area contributed by atoms with Gasteiger partial charge in [0.05, 0.1) is 6.10 Å². The minimum absolute atomic E-state index is 0.225. The van der Waals surface area contributed by atoms with Crippen LogP contribution >= 0.6 is 0 Å². The highest BCUT2D eigenvalue weighted by atomic mass is 16.3. The van der Waals surface area contributed by atoms with E-state index in [9.17, 15) is 9.90 Å². The van der Waals surface area contributed by atoms with E-state index in [1.807, 2.05) is 0 Å². The Labute approximate surface area is 86.0 Å². The highest BCUT2D eigenvalue weighted by Crippen LogP contribution is 2.25. The summed E-state index contributed by atoms with van der Waals surface area (Å²) in [7, 11) is 0. The predicted molar refractivity (Wildman–Crippen MR) is 57.0 cm³/mol. The summed E-state index contributed by atoms with van der Waals surface area (Å²) in [5.41, 5.74) is 0. The van der Waals surface area contributed by atoms with E-state index in [1.54, 1.807) is 6.08 Å². The molecular formula is C12H20O2. The molecule has 0 aromatic rings. The number of ketones is 1. The first-order valence-electron chi connectivity index (χ1n) is 5.55. The second kappa shape index (κ2) is 5.97. The van der Waals surface area contributed by atoms with Crippen LogP contribution in [-0.4, -0.2) is 17.0 Å². The Bertz CT molecular complexity index is 198. The summed E-state index contributed by atoms with van der Waals surface area (Å²) in [6, 6.07) is 0. The van der Waals surface area contributed by atoms with Crippen LogP contribution in [0, 0.1) is 5.92 Å². The van der Waals surface area contributed by atoms with Crippen molar-refractivity contribution in [3.05, 3.63) is 12.7 Å². The minimum Gasteiger partial charge on any atom is -0.393 e. The first-order valence-corrected chi connectivity index (χ1v) is 5.55. The Kier molecular flexibility index (Phi) is 4.88. The van der Waals surface area contributed by atoms with Crippen LogP contribution in [-0.2, 0) is 4.79 Å². The molecule has 1 saturated carbocycles. The molecule has 0 aromatic carbocycles. The van der Waals surface area contributed by atoms with Gasteiger partial charge >= 0.3 is 0 Å². The van der Waals surface area contributed by atoms with Crippen LogP contribution in [0.2, 0.25) is 0 Å². The van der Waals surface area contributed by atoms with Crippen molar-refractivity contribution >= 4 is 5.78 Å². The first kappa shape index (κ1) is 11.4. The van der Waals surface area contributed by atoms with E-state index >= 15 is 0 Å². The highest BCUT2D eigenvalue weighted by Gasteiger charge is 2.22. The molecule has 2 heteroatoms. The molecule has 1 rings (SSSR count). The zero-order valence-corrected chi connectivity index (χ0v) is 8.74. The number of carbonyl (C=O) groups excluding carboxylic acids is 1. The van der Waals surface area contributed by atoms with Gasteiger partial charge in [0.1, 0.15) is 5.78 Å². The molecule has 0 bridgehead atoms. The number of hydrogen-bond acceptors (Lipinski definition) is 2. The van der Waals surface area contributed by atoms with Gasteiger partial charge in [-0.3, -0.25) is 4.79 Å². The number of aliphatic hydroxyl groups excluding tert-OH is 1. The van der Waals surface area contributed by atoms with Gasteiger partial charge in [0, 0.05) is 12.3 Å². The maximum absolute atomic E-state index is 11.5. The van der Waals surface area contributed by atoms with Gasteiger partial charge in [-0.2, -0.15) is 0 Å². The largest absolute Gasteiger partial charge is 0.393 e. The Balaban J connectivity index is 2.22. The third kappa shape index (κ3) is 3.62. The lowest BCUT2D eigenvalue weighted by Gasteiger charge is -2.21. The fraction of sp³-hybridized carbons (Fsp3) is 0.750. The fourth-order valence-electron chi connectivity index (χ4n) is 2.06. The molecule has 2 nitrogen and oxygen atoms in total. The van der Waals surface area contributed by atoms with Crippen LogP contribution in [0.3, 0.4) is 0 Å². The van der Waals surface area contributed by atoms with Crippen LogP contribution in [0.4, 0.5) is 0 Å². The summed E-state index contributed by atoms with van der Waals surface area (Å²) in [6.45, 7) is 3.58. The predicted octanol–water partition coefficient (Wildman–Crippen LogP) is 2.46. The van der Waals surface area contributed by atoms with E-state index in [-0.39, 0.29) is 12.0 Å². The summed E-state index contributed by atoms with van der Waals surface area (Å²) in [5, 5.41) is 9.48. The third-order valence-corrected chi connectivity index (χ3v) is 2.97. The molecule has 0 radical (unpaired) electrons. The number of carbonyl (C=O) groups is 1. The molecule has 1 N–H and O–H groups in total. The zero-order valence-electron chi connectivity index (χ0n) is 8.74. The summed E-state index contributed by atoms with van der Waals surface area (Å²) in [4.78, 5) is 11.5. The second-order valence-electron chi connectivity index (χ2n) is 4.16. The molecule has 14 heavy (non-hydrogen) atoms. The molecule has 2 atom stereocenters. The fourth-order valence-corrected chi connectivity index (χ4v) is 2.06. The van der Waals surface area contributed by atoms with Gasteiger partial charge in [-0.1, -0.05) is 12.5 Å². The van der Waals surface area contributed by atoms with Crippen molar-refractivity contribution in [2.45, 2.75) is 51.0 Å². The van der Waals surface area contributed by atoms with E-state index in [0.717, 1.165) is 32.1 Å². The van der Waals surface area contributed by atoms with Crippen LogP contribution in [0.5, 0.6) is 0 Å². The Morgan fingerprint density at radius 2 is 2.36 bits per heavy atom. The zero-order chi connectivity index (χ0) is 10.4. The number of aliphatic hydroxyl groups is 1. The second-order valence-corrected chi connectivity index (χ2v) is 4.16. The molecule has 0 saturated heterocycles. The van der Waals surface area contributed by atoms with Crippen LogP contribution in [0.25, 0.3) is 0 Å². The summed E-state index contributed by atoms with van der Waals surface area (Å²) < 4.78 is 0. The molecule has 0 amide bonds. The smallest absolute Gasteiger partial charge is 0.135 e. The molecule has 1 aliphatic carbocycles. The Morgan fingerprint density at radius 1 is 1.57 bits per heavy atom. The minimum atomic E-state index is -0.303. The van der Waals surface area contributed by atoms with E-state index in [4.69, 9.17) is 0 Å². The Morgan fingerprint density at radius 3 is 3.00 bits per heavy atom. The van der Waals surface area contributed by atoms with Gasteiger partial charge in [-0.25, -0.2) is 0 Å². The lowest BCUT2D eigenvalue weighted by atomic mass is 9.84. The SMILES string of the molecule is C=CCC(O)CCC1CCCCC1=O. The van der Waals surface area contributed by atoms with Crippen LogP contribution < -0.4 is 0 Å². The van der Waals surface area contributed by atoms with Crippen molar-refractivity contribution in [2.24, 2.45) is 5.92 Å². The van der Waals surface area contributed by atoms with Crippen molar-refractivity contribution in [3.63, 3.8) is 0 Å². The number of Topliss-reactive ketones (excluding diaryl/α,β-unsaturated/α-hetero) is 1. The highest BCUT2D eigenvalue weighted by molar-refractivity contribution is 5.81. The molecule has 0 spiro atoms. The van der Waals surface area contributed by atoms with Gasteiger partial charge in [0.25, 0.3) is 0 Å². The molecule has 2 unspecified atom stereocenters. The van der Waals surface area contributed by atoms with Crippen molar-refractivity contribution in [3.8, 4) is 0 Å². The summed E-state index contributed by atoms with van der Waals surface area (Å²) in [5.74, 6) is 0.630. The van der Waals surface area contributed by atoms with E-state index in [2.05, 4.69) is 6.58 Å². The van der Waals surface area contributed by atoms with Gasteiger partial charge in [-0.15, -0.1) is 6.58 Å². The molecule has 80 valence electrons. The molecule has 0 heterocycles. The summed E-state index contributed by atoms with van der Waals surface area (Å²) in [6.07, 6.45) is 7.67. The van der Waals surface area contributed by atoms with Crippen LogP contribution in [0.1, 0.15) is 44.9 Å². The van der Waals surface area contributed by atoms with Gasteiger partial charge in [0.15, 0.2) is 0 Å². The van der Waals surface area contributed by atoms with Gasteiger partial charge < -0.3 is 5.11 Å². The van der Waals surface area contributed by atoms with E-state index < -0.39 is 0 Å². The molecule has 1 fully saturated rings. The van der Waals surface area contributed by atoms with Crippen molar-refractivity contribution < 1.29 is 9.90 Å². The van der Waals surface area contributed by atoms with Crippen molar-refractivity contribution in [1.29, 1.82) is 0 Å². The summed E-state index contributed by atoms with van der Waals surface area (Å²) >= 11 is 0. The molecule has 1 aliphatic rings. The van der Waals surface area contributed by atoms with Gasteiger partial charge in [0.2, 0.25) is 0 Å². The monoisotopic (exact) mass is 196 g/mol.